The van der Waals surface area contributed by atoms with Crippen LogP contribution in [0.4, 0.5) is 5.69 Å². The van der Waals surface area contributed by atoms with Crippen LogP contribution in [0.3, 0.4) is 0 Å². The number of benzene rings is 2. The second-order valence-corrected chi connectivity index (χ2v) is 5.01. The summed E-state index contributed by atoms with van der Waals surface area (Å²) in [7, 11) is 0. The second kappa shape index (κ2) is 7.37. The van der Waals surface area contributed by atoms with E-state index in [0.29, 0.717) is 5.75 Å². The molecule has 0 fully saturated rings. The number of rotatable bonds is 7. The van der Waals surface area contributed by atoms with Gasteiger partial charge in [-0.05, 0) is 41.8 Å². The van der Waals surface area contributed by atoms with Crippen molar-refractivity contribution >= 4 is 11.7 Å². The van der Waals surface area contributed by atoms with Gasteiger partial charge in [0.1, 0.15) is 18.4 Å². The number of nitro groups is 1. The van der Waals surface area contributed by atoms with Crippen LogP contribution in [0.2, 0.25) is 0 Å². The van der Waals surface area contributed by atoms with Gasteiger partial charge in [-0.15, -0.1) is 0 Å². The molecule has 0 aliphatic rings. The van der Waals surface area contributed by atoms with Crippen LogP contribution in [-0.4, -0.2) is 22.0 Å². The Morgan fingerprint density at radius 3 is 2.22 bits per heavy atom. The first-order valence-corrected chi connectivity index (χ1v) is 6.89. The summed E-state index contributed by atoms with van der Waals surface area (Å²) in [5.74, 6) is -0.417. The molecule has 0 aliphatic heterocycles. The smallest absolute Gasteiger partial charge is 0.320 e. The standard InChI is InChI=1S/C16H16N2O5/c17-15(16(19)20)9-11-3-7-14(8-4-11)23-10-12-1-5-13(6-2-12)18(21)22/h1-8,15H,9-10,17H2,(H,19,20). The molecule has 2 aromatic carbocycles. The Morgan fingerprint density at radius 2 is 1.70 bits per heavy atom. The molecule has 0 radical (unpaired) electrons. The highest BCUT2D eigenvalue weighted by molar-refractivity contribution is 5.73. The van der Waals surface area contributed by atoms with Crippen molar-refractivity contribution in [1.82, 2.24) is 0 Å². The number of nitro benzene ring substituents is 1. The summed E-state index contributed by atoms with van der Waals surface area (Å²) in [6.07, 6.45) is 0.248. The minimum atomic E-state index is -1.04. The number of aliphatic carboxylic acids is 1. The number of carboxylic acids is 1. The Kier molecular flexibility index (Phi) is 5.27. The van der Waals surface area contributed by atoms with Gasteiger partial charge in [-0.25, -0.2) is 0 Å². The average Bonchev–Trinajstić information content (AvgIpc) is 2.54. The van der Waals surface area contributed by atoms with Gasteiger partial charge in [-0.1, -0.05) is 12.1 Å². The van der Waals surface area contributed by atoms with Crippen molar-refractivity contribution in [3.8, 4) is 5.75 Å². The fourth-order valence-corrected chi connectivity index (χ4v) is 1.94. The number of nitrogens with zero attached hydrogens (tertiary/aromatic N) is 1. The maximum absolute atomic E-state index is 10.7. The number of hydrogen-bond acceptors (Lipinski definition) is 5. The van der Waals surface area contributed by atoms with E-state index < -0.39 is 16.9 Å². The van der Waals surface area contributed by atoms with E-state index in [0.717, 1.165) is 11.1 Å². The van der Waals surface area contributed by atoms with Crippen LogP contribution in [0.15, 0.2) is 48.5 Å². The number of nitrogens with two attached hydrogens (primary N) is 1. The van der Waals surface area contributed by atoms with Crippen molar-refractivity contribution in [1.29, 1.82) is 0 Å². The number of carbonyl (C=O) groups is 1. The molecule has 2 aromatic rings. The third kappa shape index (κ3) is 4.79. The van der Waals surface area contributed by atoms with Crippen LogP contribution in [0.5, 0.6) is 5.75 Å². The minimum absolute atomic E-state index is 0.0351. The summed E-state index contributed by atoms with van der Waals surface area (Å²) >= 11 is 0. The molecule has 1 atom stereocenters. The number of hydrogen-bond donors (Lipinski definition) is 2. The third-order valence-electron chi connectivity index (χ3n) is 3.25. The Labute approximate surface area is 132 Å². The van der Waals surface area contributed by atoms with Gasteiger partial charge in [-0.2, -0.15) is 0 Å². The Morgan fingerprint density at radius 1 is 1.13 bits per heavy atom. The van der Waals surface area contributed by atoms with Gasteiger partial charge in [0.25, 0.3) is 5.69 Å². The van der Waals surface area contributed by atoms with Gasteiger partial charge in [0.15, 0.2) is 0 Å². The maximum atomic E-state index is 10.7. The lowest BCUT2D eigenvalue weighted by Gasteiger charge is -2.09. The summed E-state index contributed by atoms with van der Waals surface area (Å²) in [6.45, 7) is 0.284. The highest BCUT2D eigenvalue weighted by Crippen LogP contribution is 2.17. The summed E-state index contributed by atoms with van der Waals surface area (Å²) in [6, 6.07) is 12.2. The quantitative estimate of drug-likeness (QED) is 0.597. The van der Waals surface area contributed by atoms with Crippen molar-refractivity contribution in [2.75, 3.05) is 0 Å². The second-order valence-electron chi connectivity index (χ2n) is 5.01. The number of carboxylic acid groups (broad SMARTS) is 1. The Bertz CT molecular complexity index is 683. The van der Waals surface area contributed by atoms with Crippen molar-refractivity contribution in [2.24, 2.45) is 5.73 Å². The molecule has 2 rings (SSSR count). The van der Waals surface area contributed by atoms with E-state index in [1.165, 1.54) is 12.1 Å². The van der Waals surface area contributed by atoms with Crippen LogP contribution in [-0.2, 0) is 17.8 Å². The zero-order valence-corrected chi connectivity index (χ0v) is 12.2. The third-order valence-corrected chi connectivity index (χ3v) is 3.25. The molecule has 23 heavy (non-hydrogen) atoms. The molecule has 0 aromatic heterocycles. The van der Waals surface area contributed by atoms with E-state index in [1.807, 2.05) is 0 Å². The van der Waals surface area contributed by atoms with Crippen LogP contribution in [0.1, 0.15) is 11.1 Å². The lowest BCUT2D eigenvalue weighted by atomic mass is 10.1. The molecule has 0 heterocycles. The molecule has 0 saturated carbocycles. The lowest BCUT2D eigenvalue weighted by molar-refractivity contribution is -0.384. The molecular weight excluding hydrogens is 300 g/mol. The lowest BCUT2D eigenvalue weighted by Crippen LogP contribution is -2.32. The van der Waals surface area contributed by atoms with E-state index in [2.05, 4.69) is 0 Å². The first kappa shape index (κ1) is 16.4. The summed E-state index contributed by atoms with van der Waals surface area (Å²) in [5, 5.41) is 19.3. The van der Waals surface area contributed by atoms with E-state index in [1.54, 1.807) is 36.4 Å². The van der Waals surface area contributed by atoms with Crippen LogP contribution < -0.4 is 10.5 Å². The van der Waals surface area contributed by atoms with Crippen LogP contribution >= 0.6 is 0 Å². The normalized spacial score (nSPS) is 11.7. The van der Waals surface area contributed by atoms with Gasteiger partial charge < -0.3 is 15.6 Å². The molecule has 1 unspecified atom stereocenters. The highest BCUT2D eigenvalue weighted by Gasteiger charge is 2.11. The predicted molar refractivity (Wildman–Crippen MR) is 83.2 cm³/mol. The molecule has 7 nitrogen and oxygen atoms in total. The number of ether oxygens (including phenoxy) is 1. The Hall–Kier alpha value is -2.93. The maximum Gasteiger partial charge on any atom is 0.320 e. The van der Waals surface area contributed by atoms with Gasteiger partial charge in [0.2, 0.25) is 0 Å². The van der Waals surface area contributed by atoms with E-state index in [9.17, 15) is 14.9 Å². The van der Waals surface area contributed by atoms with Crippen molar-refractivity contribution < 1.29 is 19.6 Å². The molecule has 3 N–H and O–H groups in total. The largest absolute Gasteiger partial charge is 0.489 e. The summed E-state index contributed by atoms with van der Waals surface area (Å²) in [5.41, 5.74) is 7.13. The molecule has 120 valence electrons. The molecule has 0 amide bonds. The van der Waals surface area contributed by atoms with Crippen molar-refractivity contribution in [3.05, 3.63) is 69.8 Å². The number of non-ortho nitro benzene ring substituents is 1. The monoisotopic (exact) mass is 316 g/mol. The average molecular weight is 316 g/mol. The highest BCUT2D eigenvalue weighted by atomic mass is 16.6. The van der Waals surface area contributed by atoms with E-state index in [-0.39, 0.29) is 18.7 Å². The minimum Gasteiger partial charge on any atom is -0.489 e. The van der Waals surface area contributed by atoms with Gasteiger partial charge in [0, 0.05) is 12.1 Å². The van der Waals surface area contributed by atoms with Crippen molar-refractivity contribution in [2.45, 2.75) is 19.1 Å². The first-order valence-electron chi connectivity index (χ1n) is 6.89. The fourth-order valence-electron chi connectivity index (χ4n) is 1.94. The van der Waals surface area contributed by atoms with Gasteiger partial charge in [-0.3, -0.25) is 14.9 Å². The van der Waals surface area contributed by atoms with Gasteiger partial charge in [0.05, 0.1) is 4.92 Å². The molecule has 0 saturated heterocycles. The zero-order valence-electron chi connectivity index (χ0n) is 12.2. The zero-order chi connectivity index (χ0) is 16.8. The SMILES string of the molecule is NC(Cc1ccc(OCc2ccc([N+](=O)[O-])cc2)cc1)C(=O)O. The molecule has 0 aliphatic carbocycles. The van der Waals surface area contributed by atoms with Crippen LogP contribution in [0, 0.1) is 10.1 Å². The molecule has 7 heteroatoms. The fraction of sp³-hybridized carbons (Fsp3) is 0.188. The van der Waals surface area contributed by atoms with Crippen LogP contribution in [0.25, 0.3) is 0 Å². The molecule has 0 spiro atoms. The first-order chi connectivity index (χ1) is 11.0. The van der Waals surface area contributed by atoms with E-state index >= 15 is 0 Å². The molecule has 0 bridgehead atoms. The predicted octanol–water partition coefficient (Wildman–Crippen LogP) is 2.13. The van der Waals surface area contributed by atoms with Gasteiger partial charge >= 0.3 is 5.97 Å². The summed E-state index contributed by atoms with van der Waals surface area (Å²) < 4.78 is 5.58. The topological polar surface area (TPSA) is 116 Å². The Balaban J connectivity index is 1.91. The van der Waals surface area contributed by atoms with E-state index in [4.69, 9.17) is 15.6 Å². The molecular formula is C16H16N2O5. The summed E-state index contributed by atoms with van der Waals surface area (Å²) in [4.78, 5) is 20.8. The van der Waals surface area contributed by atoms with Crippen molar-refractivity contribution in [3.63, 3.8) is 0 Å².